The minimum absolute atomic E-state index is 0.0859. The second kappa shape index (κ2) is 7.34. The first-order chi connectivity index (χ1) is 10.2. The van der Waals surface area contributed by atoms with Gasteiger partial charge in [-0.1, -0.05) is 19.4 Å². The highest BCUT2D eigenvalue weighted by molar-refractivity contribution is 6.01. The number of ether oxygens (including phenoxy) is 2. The molecule has 0 spiro atoms. The quantitative estimate of drug-likeness (QED) is 0.512. The van der Waals surface area contributed by atoms with Crippen LogP contribution in [0.25, 0.3) is 6.08 Å². The minimum Gasteiger partial charge on any atom is -0.486 e. The SMILES string of the molecule is CCCCNC(=O)/C(C#N)=C/c1ccc2c(c1)OCCO2. The number of hydrogen-bond acceptors (Lipinski definition) is 4. The molecule has 2 rings (SSSR count). The molecule has 1 aliphatic heterocycles. The van der Waals surface area contributed by atoms with Gasteiger partial charge in [-0.05, 0) is 30.2 Å². The summed E-state index contributed by atoms with van der Waals surface area (Å²) in [6.07, 6.45) is 3.45. The van der Waals surface area contributed by atoms with Crippen LogP contribution in [0.2, 0.25) is 0 Å². The molecule has 0 radical (unpaired) electrons. The average Bonchev–Trinajstić information content (AvgIpc) is 2.52. The summed E-state index contributed by atoms with van der Waals surface area (Å²) in [6, 6.07) is 7.28. The van der Waals surface area contributed by atoms with Gasteiger partial charge < -0.3 is 14.8 Å². The maximum absolute atomic E-state index is 11.9. The fourth-order valence-electron chi connectivity index (χ4n) is 1.94. The minimum atomic E-state index is -0.346. The van der Waals surface area contributed by atoms with Crippen molar-refractivity contribution in [3.05, 3.63) is 29.3 Å². The molecule has 0 saturated carbocycles. The highest BCUT2D eigenvalue weighted by Crippen LogP contribution is 2.31. The molecule has 1 aromatic carbocycles. The predicted octanol–water partition coefficient (Wildman–Crippen LogP) is 2.28. The van der Waals surface area contributed by atoms with Gasteiger partial charge in [-0.3, -0.25) is 4.79 Å². The van der Waals surface area contributed by atoms with Crippen molar-refractivity contribution in [3.63, 3.8) is 0 Å². The smallest absolute Gasteiger partial charge is 0.261 e. The van der Waals surface area contributed by atoms with E-state index in [0.29, 0.717) is 31.3 Å². The number of carbonyl (C=O) groups is 1. The van der Waals surface area contributed by atoms with E-state index in [4.69, 9.17) is 14.7 Å². The zero-order chi connectivity index (χ0) is 15.1. The van der Waals surface area contributed by atoms with Gasteiger partial charge in [0.05, 0.1) is 0 Å². The summed E-state index contributed by atoms with van der Waals surface area (Å²) < 4.78 is 10.9. The Morgan fingerprint density at radius 2 is 2.14 bits per heavy atom. The Morgan fingerprint density at radius 3 is 2.86 bits per heavy atom. The second-order valence-corrected chi connectivity index (χ2v) is 4.68. The number of amides is 1. The van der Waals surface area contributed by atoms with Gasteiger partial charge >= 0.3 is 0 Å². The van der Waals surface area contributed by atoms with Crippen molar-refractivity contribution in [1.82, 2.24) is 5.32 Å². The van der Waals surface area contributed by atoms with Crippen LogP contribution >= 0.6 is 0 Å². The molecule has 0 atom stereocenters. The summed E-state index contributed by atoms with van der Waals surface area (Å²) in [5, 5.41) is 11.8. The van der Waals surface area contributed by atoms with E-state index in [2.05, 4.69) is 5.32 Å². The Balaban J connectivity index is 2.12. The molecule has 5 nitrogen and oxygen atoms in total. The third kappa shape index (κ3) is 3.99. The number of rotatable bonds is 5. The Bertz CT molecular complexity index is 588. The van der Waals surface area contributed by atoms with Crippen molar-refractivity contribution in [2.24, 2.45) is 0 Å². The molecule has 0 bridgehead atoms. The lowest BCUT2D eigenvalue weighted by Gasteiger charge is -2.18. The Kier molecular flexibility index (Phi) is 5.22. The normalized spacial score (nSPS) is 13.4. The molecule has 0 unspecified atom stereocenters. The van der Waals surface area contributed by atoms with Crippen molar-refractivity contribution in [2.75, 3.05) is 19.8 Å². The maximum atomic E-state index is 11.9. The topological polar surface area (TPSA) is 71.4 Å². The summed E-state index contributed by atoms with van der Waals surface area (Å²) in [7, 11) is 0. The van der Waals surface area contributed by atoms with Crippen molar-refractivity contribution in [3.8, 4) is 17.6 Å². The molecule has 21 heavy (non-hydrogen) atoms. The third-order valence-corrected chi connectivity index (χ3v) is 3.06. The first-order valence-electron chi connectivity index (χ1n) is 7.04. The lowest BCUT2D eigenvalue weighted by Crippen LogP contribution is -2.25. The molecule has 0 saturated heterocycles. The van der Waals surface area contributed by atoms with Crippen LogP contribution in [0.1, 0.15) is 25.3 Å². The van der Waals surface area contributed by atoms with Gasteiger partial charge in [0, 0.05) is 6.54 Å². The summed E-state index contributed by atoms with van der Waals surface area (Å²) in [6.45, 7) is 3.66. The molecule has 1 heterocycles. The molecule has 5 heteroatoms. The molecule has 1 amide bonds. The number of benzene rings is 1. The van der Waals surface area contributed by atoms with E-state index in [1.54, 1.807) is 24.3 Å². The lowest BCUT2D eigenvalue weighted by molar-refractivity contribution is -0.117. The monoisotopic (exact) mass is 286 g/mol. The van der Waals surface area contributed by atoms with Crippen LogP contribution in [0.15, 0.2) is 23.8 Å². The third-order valence-electron chi connectivity index (χ3n) is 3.06. The fraction of sp³-hybridized carbons (Fsp3) is 0.375. The van der Waals surface area contributed by atoms with Crippen LogP contribution in [0, 0.1) is 11.3 Å². The maximum Gasteiger partial charge on any atom is 0.261 e. The Morgan fingerprint density at radius 1 is 1.38 bits per heavy atom. The number of unbranched alkanes of at least 4 members (excludes halogenated alkanes) is 1. The van der Waals surface area contributed by atoms with E-state index in [1.807, 2.05) is 13.0 Å². The molecule has 0 aromatic heterocycles. The first-order valence-corrected chi connectivity index (χ1v) is 7.04. The number of nitriles is 1. The second-order valence-electron chi connectivity index (χ2n) is 4.68. The van der Waals surface area contributed by atoms with Crippen molar-refractivity contribution in [1.29, 1.82) is 5.26 Å². The van der Waals surface area contributed by atoms with Crippen LogP contribution in [-0.2, 0) is 4.79 Å². The Labute approximate surface area is 124 Å². The van der Waals surface area contributed by atoms with E-state index < -0.39 is 0 Å². The number of hydrogen-bond donors (Lipinski definition) is 1. The number of carbonyl (C=O) groups excluding carboxylic acids is 1. The molecule has 110 valence electrons. The van der Waals surface area contributed by atoms with Gasteiger partial charge in [0.15, 0.2) is 11.5 Å². The van der Waals surface area contributed by atoms with E-state index >= 15 is 0 Å². The molecule has 1 aromatic rings. The summed E-state index contributed by atoms with van der Waals surface area (Å²) >= 11 is 0. The number of nitrogens with zero attached hydrogens (tertiary/aromatic N) is 1. The molecular formula is C16H18N2O3. The highest BCUT2D eigenvalue weighted by atomic mass is 16.6. The molecule has 0 aliphatic carbocycles. The molecule has 1 aliphatic rings. The van der Waals surface area contributed by atoms with Crippen LogP contribution in [-0.4, -0.2) is 25.7 Å². The lowest BCUT2D eigenvalue weighted by atomic mass is 10.1. The van der Waals surface area contributed by atoms with Gasteiger partial charge in [-0.2, -0.15) is 5.26 Å². The van der Waals surface area contributed by atoms with Gasteiger partial charge in [0.25, 0.3) is 5.91 Å². The van der Waals surface area contributed by atoms with Crippen molar-refractivity contribution >= 4 is 12.0 Å². The van der Waals surface area contributed by atoms with Crippen molar-refractivity contribution in [2.45, 2.75) is 19.8 Å². The van der Waals surface area contributed by atoms with Crippen molar-refractivity contribution < 1.29 is 14.3 Å². The van der Waals surface area contributed by atoms with E-state index in [0.717, 1.165) is 18.4 Å². The van der Waals surface area contributed by atoms with Crippen LogP contribution in [0.3, 0.4) is 0 Å². The summed E-state index contributed by atoms with van der Waals surface area (Å²) in [5.41, 5.74) is 0.823. The molecular weight excluding hydrogens is 268 g/mol. The van der Waals surface area contributed by atoms with Gasteiger partial charge in [-0.25, -0.2) is 0 Å². The molecule has 0 fully saturated rings. The van der Waals surface area contributed by atoms with Gasteiger partial charge in [-0.15, -0.1) is 0 Å². The van der Waals surface area contributed by atoms with E-state index in [-0.39, 0.29) is 11.5 Å². The largest absolute Gasteiger partial charge is 0.486 e. The highest BCUT2D eigenvalue weighted by Gasteiger charge is 2.13. The predicted molar refractivity (Wildman–Crippen MR) is 78.9 cm³/mol. The average molecular weight is 286 g/mol. The van der Waals surface area contributed by atoms with Crippen LogP contribution < -0.4 is 14.8 Å². The number of nitrogens with one attached hydrogen (secondary N) is 1. The summed E-state index contributed by atoms with van der Waals surface area (Å²) in [5.74, 6) is 0.976. The summed E-state index contributed by atoms with van der Waals surface area (Å²) in [4.78, 5) is 11.9. The molecule has 1 N–H and O–H groups in total. The van der Waals surface area contributed by atoms with E-state index in [1.165, 1.54) is 0 Å². The van der Waals surface area contributed by atoms with Crippen LogP contribution in [0.4, 0.5) is 0 Å². The van der Waals surface area contributed by atoms with E-state index in [9.17, 15) is 4.79 Å². The Hall–Kier alpha value is -2.48. The fourth-order valence-corrected chi connectivity index (χ4v) is 1.94. The number of fused-ring (bicyclic) bond motifs is 1. The zero-order valence-corrected chi connectivity index (χ0v) is 12.0. The standard InChI is InChI=1S/C16H18N2O3/c1-2-3-6-18-16(19)13(11-17)9-12-4-5-14-15(10-12)21-8-7-20-14/h4-5,9-10H,2-3,6-8H2,1H3,(H,18,19)/b13-9+. The van der Waals surface area contributed by atoms with Crippen LogP contribution in [0.5, 0.6) is 11.5 Å². The van der Waals surface area contributed by atoms with Gasteiger partial charge in [0.2, 0.25) is 0 Å². The van der Waals surface area contributed by atoms with Gasteiger partial charge in [0.1, 0.15) is 24.9 Å². The first kappa shape index (κ1) is 14.9. The zero-order valence-electron chi connectivity index (χ0n) is 12.0.